The molecule has 7 heteroatoms. The summed E-state index contributed by atoms with van der Waals surface area (Å²) >= 11 is 11.7. The smallest absolute Gasteiger partial charge is 0.329 e. The highest BCUT2D eigenvalue weighted by Crippen LogP contribution is 2.21. The molecule has 0 atom stereocenters. The van der Waals surface area contributed by atoms with Gasteiger partial charge in [0.2, 0.25) is 0 Å². The average Bonchev–Trinajstić information content (AvgIpc) is 2.25. The number of carbonyl (C=O) groups excluding carboxylic acids is 2. The summed E-state index contributed by atoms with van der Waals surface area (Å²) in [5.41, 5.74) is 7.78. The predicted molar refractivity (Wildman–Crippen MR) is 66.0 cm³/mol. The molecule has 3 N–H and O–H groups in total. The van der Waals surface area contributed by atoms with Crippen molar-refractivity contribution in [2.45, 2.75) is 6.92 Å². The third kappa shape index (κ3) is 3.72. The lowest BCUT2D eigenvalue weighted by Gasteiger charge is -2.04. The summed E-state index contributed by atoms with van der Waals surface area (Å²) in [5, 5.41) is 4.58. The molecule has 0 fully saturated rings. The summed E-state index contributed by atoms with van der Waals surface area (Å²) < 4.78 is 0. The molecule has 0 saturated carbocycles. The average molecular weight is 274 g/mol. The summed E-state index contributed by atoms with van der Waals surface area (Å²) in [6.45, 7) is 1.62. The number of hydrazone groups is 1. The number of halogens is 2. The molecular formula is C10H9Cl2N3O2. The molecule has 0 aliphatic rings. The highest BCUT2D eigenvalue weighted by atomic mass is 35.5. The van der Waals surface area contributed by atoms with Gasteiger partial charge in [-0.05, 0) is 19.1 Å². The molecule has 0 aliphatic carbocycles. The monoisotopic (exact) mass is 273 g/mol. The van der Waals surface area contributed by atoms with Gasteiger partial charge in [0.25, 0.3) is 0 Å². The van der Waals surface area contributed by atoms with Crippen LogP contribution in [0.2, 0.25) is 10.0 Å². The van der Waals surface area contributed by atoms with Crippen LogP contribution in [0.1, 0.15) is 12.5 Å². The lowest BCUT2D eigenvalue weighted by atomic mass is 10.1. The van der Waals surface area contributed by atoms with Crippen LogP contribution in [-0.4, -0.2) is 17.5 Å². The molecule has 90 valence electrons. The van der Waals surface area contributed by atoms with Gasteiger partial charge in [0, 0.05) is 10.6 Å². The van der Waals surface area contributed by atoms with Crippen LogP contribution in [0.15, 0.2) is 23.3 Å². The third-order valence-corrected chi connectivity index (χ3v) is 2.42. The SMILES string of the molecule is C/C(=N/NC(=O)C(N)=O)c1ccc(Cl)cc1Cl. The van der Waals surface area contributed by atoms with Crippen LogP contribution >= 0.6 is 23.2 Å². The van der Waals surface area contributed by atoms with Crippen molar-refractivity contribution >= 4 is 40.7 Å². The number of benzene rings is 1. The highest BCUT2D eigenvalue weighted by molar-refractivity contribution is 6.37. The van der Waals surface area contributed by atoms with E-state index in [1.807, 2.05) is 5.43 Å². The minimum Gasteiger partial charge on any atom is -0.361 e. The second-order valence-electron chi connectivity index (χ2n) is 3.13. The largest absolute Gasteiger partial charge is 0.361 e. The Morgan fingerprint density at radius 3 is 2.53 bits per heavy atom. The molecular weight excluding hydrogens is 265 g/mol. The van der Waals surface area contributed by atoms with Gasteiger partial charge >= 0.3 is 11.8 Å². The zero-order valence-electron chi connectivity index (χ0n) is 8.83. The number of hydrogen-bond acceptors (Lipinski definition) is 3. The summed E-state index contributed by atoms with van der Waals surface area (Å²) in [4.78, 5) is 21.3. The topological polar surface area (TPSA) is 84.6 Å². The van der Waals surface area contributed by atoms with Gasteiger partial charge < -0.3 is 5.73 Å². The van der Waals surface area contributed by atoms with E-state index in [0.717, 1.165) is 0 Å². The number of nitrogens with zero attached hydrogens (tertiary/aromatic N) is 1. The van der Waals surface area contributed by atoms with Gasteiger partial charge in [-0.3, -0.25) is 9.59 Å². The number of nitrogens with two attached hydrogens (primary N) is 1. The Kier molecular flexibility index (Phi) is 4.48. The Bertz CT molecular complexity index is 500. The molecule has 0 heterocycles. The lowest BCUT2D eigenvalue weighted by Crippen LogP contribution is -2.33. The Hall–Kier alpha value is -1.59. The number of hydrogen-bond donors (Lipinski definition) is 2. The zero-order chi connectivity index (χ0) is 13.0. The Morgan fingerprint density at radius 1 is 1.35 bits per heavy atom. The van der Waals surface area contributed by atoms with E-state index in [1.165, 1.54) is 0 Å². The number of nitrogens with one attached hydrogen (secondary N) is 1. The van der Waals surface area contributed by atoms with E-state index in [2.05, 4.69) is 5.10 Å². The quantitative estimate of drug-likeness (QED) is 0.484. The molecule has 0 unspecified atom stereocenters. The number of amides is 2. The third-order valence-electron chi connectivity index (χ3n) is 1.87. The van der Waals surface area contributed by atoms with E-state index < -0.39 is 11.8 Å². The minimum atomic E-state index is -1.11. The molecule has 0 spiro atoms. The van der Waals surface area contributed by atoms with Crippen molar-refractivity contribution in [2.75, 3.05) is 0 Å². The normalized spacial score (nSPS) is 11.1. The molecule has 1 aromatic carbocycles. The van der Waals surface area contributed by atoms with E-state index in [1.54, 1.807) is 25.1 Å². The molecule has 1 aromatic rings. The zero-order valence-corrected chi connectivity index (χ0v) is 10.3. The van der Waals surface area contributed by atoms with Gasteiger partial charge in [-0.15, -0.1) is 0 Å². The molecule has 0 aliphatic heterocycles. The second kappa shape index (κ2) is 5.65. The van der Waals surface area contributed by atoms with E-state index in [4.69, 9.17) is 28.9 Å². The molecule has 5 nitrogen and oxygen atoms in total. The summed E-state index contributed by atoms with van der Waals surface area (Å²) in [7, 11) is 0. The van der Waals surface area contributed by atoms with E-state index in [0.29, 0.717) is 21.3 Å². The van der Waals surface area contributed by atoms with Crippen molar-refractivity contribution in [1.29, 1.82) is 0 Å². The van der Waals surface area contributed by atoms with Gasteiger partial charge in [0.05, 0.1) is 10.7 Å². The fraction of sp³-hybridized carbons (Fsp3) is 0.100. The van der Waals surface area contributed by atoms with E-state index in [9.17, 15) is 9.59 Å². The van der Waals surface area contributed by atoms with Crippen LogP contribution in [0, 0.1) is 0 Å². The number of carbonyl (C=O) groups is 2. The first-order valence-corrected chi connectivity index (χ1v) is 5.27. The van der Waals surface area contributed by atoms with E-state index >= 15 is 0 Å². The van der Waals surface area contributed by atoms with Crippen molar-refractivity contribution in [2.24, 2.45) is 10.8 Å². The predicted octanol–water partition coefficient (Wildman–Crippen LogP) is 1.32. The molecule has 1 rings (SSSR count). The van der Waals surface area contributed by atoms with Gasteiger partial charge in [0.1, 0.15) is 0 Å². The molecule has 2 amide bonds. The lowest BCUT2D eigenvalue weighted by molar-refractivity contribution is -0.137. The molecule has 17 heavy (non-hydrogen) atoms. The maximum atomic E-state index is 10.9. The van der Waals surface area contributed by atoms with Gasteiger partial charge in [-0.2, -0.15) is 5.10 Å². The van der Waals surface area contributed by atoms with Crippen LogP contribution in [0.5, 0.6) is 0 Å². The summed E-state index contributed by atoms with van der Waals surface area (Å²) in [6.07, 6.45) is 0. The number of primary amides is 1. The van der Waals surface area contributed by atoms with Crippen LogP contribution in [0.3, 0.4) is 0 Å². The van der Waals surface area contributed by atoms with Crippen molar-refractivity contribution < 1.29 is 9.59 Å². The maximum Gasteiger partial charge on any atom is 0.329 e. The highest BCUT2D eigenvalue weighted by Gasteiger charge is 2.08. The summed E-state index contributed by atoms with van der Waals surface area (Å²) in [6, 6.07) is 4.84. The van der Waals surface area contributed by atoms with Gasteiger partial charge in [0.15, 0.2) is 0 Å². The Labute approximate surface area is 108 Å². The molecule has 0 saturated heterocycles. The Balaban J connectivity index is 2.89. The minimum absolute atomic E-state index is 0.395. The van der Waals surface area contributed by atoms with Crippen LogP contribution in [-0.2, 0) is 9.59 Å². The van der Waals surface area contributed by atoms with Gasteiger partial charge in [-0.25, -0.2) is 5.43 Å². The molecule has 0 aromatic heterocycles. The first kappa shape index (κ1) is 13.5. The maximum absolute atomic E-state index is 10.9. The van der Waals surface area contributed by atoms with Crippen molar-refractivity contribution in [3.8, 4) is 0 Å². The van der Waals surface area contributed by atoms with Crippen LogP contribution in [0.25, 0.3) is 0 Å². The Morgan fingerprint density at radius 2 is 2.00 bits per heavy atom. The van der Waals surface area contributed by atoms with Crippen molar-refractivity contribution in [3.63, 3.8) is 0 Å². The van der Waals surface area contributed by atoms with Crippen LogP contribution in [0.4, 0.5) is 0 Å². The second-order valence-corrected chi connectivity index (χ2v) is 3.97. The standard InChI is InChI=1S/C10H9Cl2N3O2/c1-5(14-15-10(17)9(13)16)7-3-2-6(11)4-8(7)12/h2-4H,1H3,(H2,13,16)(H,15,17)/b14-5-. The first-order valence-electron chi connectivity index (χ1n) is 4.51. The van der Waals surface area contributed by atoms with E-state index in [-0.39, 0.29) is 0 Å². The fourth-order valence-electron chi connectivity index (χ4n) is 1.03. The first-order chi connectivity index (χ1) is 7.91. The van der Waals surface area contributed by atoms with Crippen molar-refractivity contribution in [3.05, 3.63) is 33.8 Å². The van der Waals surface area contributed by atoms with Crippen LogP contribution < -0.4 is 11.2 Å². The summed E-state index contributed by atoms with van der Waals surface area (Å²) in [5.74, 6) is -2.10. The fourth-order valence-corrected chi connectivity index (χ4v) is 1.58. The van der Waals surface area contributed by atoms with Crippen molar-refractivity contribution in [1.82, 2.24) is 5.43 Å². The molecule has 0 radical (unpaired) electrons. The van der Waals surface area contributed by atoms with Gasteiger partial charge in [-0.1, -0.05) is 29.3 Å². The number of rotatable bonds is 2. The molecule has 0 bridgehead atoms.